The van der Waals surface area contributed by atoms with Crippen LogP contribution in [-0.4, -0.2) is 38.2 Å². The van der Waals surface area contributed by atoms with Crippen molar-refractivity contribution in [3.8, 4) is 5.75 Å². The Morgan fingerprint density at radius 2 is 1.86 bits per heavy atom. The van der Waals surface area contributed by atoms with Crippen molar-refractivity contribution in [2.75, 3.05) is 13.3 Å². The van der Waals surface area contributed by atoms with Gasteiger partial charge in [-0.25, -0.2) is 17.8 Å². The number of aromatic nitrogens is 1. The number of hydrogen-bond acceptors (Lipinski definition) is 5. The first-order valence-electron chi connectivity index (χ1n) is 8.69. The van der Waals surface area contributed by atoms with Crippen molar-refractivity contribution < 1.29 is 22.3 Å². The van der Waals surface area contributed by atoms with Gasteiger partial charge in [-0.3, -0.25) is 0 Å². The van der Waals surface area contributed by atoms with Gasteiger partial charge in [0, 0.05) is 9.86 Å². The van der Waals surface area contributed by atoms with Crippen molar-refractivity contribution in [3.05, 3.63) is 64.2 Å². The van der Waals surface area contributed by atoms with E-state index in [1.54, 1.807) is 42.5 Å². The van der Waals surface area contributed by atoms with Gasteiger partial charge in [-0.2, -0.15) is 0 Å². The minimum absolute atomic E-state index is 0.104. The average molecular weight is 503 g/mol. The lowest BCUT2D eigenvalue weighted by Gasteiger charge is -2.21. The third kappa shape index (κ3) is 5.45. The highest BCUT2D eigenvalue weighted by molar-refractivity contribution is 9.10. The monoisotopic (exact) mass is 501 g/mol. The number of halogens is 3. The molecule has 0 aliphatic rings. The Labute approximate surface area is 181 Å². The summed E-state index contributed by atoms with van der Waals surface area (Å²) in [6.07, 6.45) is -1.03. The van der Waals surface area contributed by atoms with E-state index in [1.807, 2.05) is 0 Å². The van der Waals surface area contributed by atoms with Crippen molar-refractivity contribution in [3.63, 3.8) is 0 Å². The van der Waals surface area contributed by atoms with E-state index in [1.165, 1.54) is 19.1 Å². The smallest absolute Gasteiger partial charge is 0.204 e. The number of hydrogen-bond donors (Lipinski definition) is 0. The molecular weight excluding hydrogens is 485 g/mol. The van der Waals surface area contributed by atoms with Crippen LogP contribution >= 0.6 is 27.5 Å². The van der Waals surface area contributed by atoms with E-state index in [-0.39, 0.29) is 11.5 Å². The van der Waals surface area contributed by atoms with Crippen LogP contribution in [0.2, 0.25) is 5.15 Å². The molecule has 9 heteroatoms. The van der Waals surface area contributed by atoms with E-state index in [2.05, 4.69) is 20.9 Å². The predicted molar refractivity (Wildman–Crippen MR) is 114 cm³/mol. The third-order valence-electron chi connectivity index (χ3n) is 4.20. The van der Waals surface area contributed by atoms with Crippen molar-refractivity contribution in [1.82, 2.24) is 4.98 Å². The molecule has 0 radical (unpaired) electrons. The molecule has 3 aromatic rings. The summed E-state index contributed by atoms with van der Waals surface area (Å²) in [4.78, 5) is 4.29. The van der Waals surface area contributed by atoms with Crippen molar-refractivity contribution in [2.45, 2.75) is 23.4 Å². The number of benzene rings is 2. The lowest BCUT2D eigenvalue weighted by Crippen LogP contribution is -2.32. The van der Waals surface area contributed by atoms with Crippen LogP contribution in [0.4, 0.5) is 4.39 Å². The third-order valence-corrected chi connectivity index (χ3v) is 6.85. The quantitative estimate of drug-likeness (QED) is 0.396. The van der Waals surface area contributed by atoms with Gasteiger partial charge in [-0.1, -0.05) is 27.5 Å². The summed E-state index contributed by atoms with van der Waals surface area (Å²) < 4.78 is 50.5. The molecule has 0 N–H and O–H groups in total. The molecule has 0 bridgehead atoms. The van der Waals surface area contributed by atoms with Crippen LogP contribution in [0.15, 0.2) is 64.0 Å². The van der Waals surface area contributed by atoms with Crippen molar-refractivity contribution >= 4 is 48.3 Å². The van der Waals surface area contributed by atoms with Gasteiger partial charge in [0.2, 0.25) is 9.84 Å². The van der Waals surface area contributed by atoms with Crippen LogP contribution in [0.3, 0.4) is 0 Å². The van der Waals surface area contributed by atoms with Gasteiger partial charge < -0.3 is 9.47 Å². The van der Waals surface area contributed by atoms with Gasteiger partial charge >= 0.3 is 0 Å². The van der Waals surface area contributed by atoms with Crippen LogP contribution < -0.4 is 4.74 Å². The van der Waals surface area contributed by atoms with Gasteiger partial charge in [-0.15, -0.1) is 0 Å². The first-order valence-corrected chi connectivity index (χ1v) is 11.4. The Balaban J connectivity index is 1.65. The lowest BCUT2D eigenvalue weighted by atomic mass is 10.2. The van der Waals surface area contributed by atoms with Gasteiger partial charge in [-0.05, 0) is 61.5 Å². The number of alkyl halides is 1. The molecule has 0 aliphatic carbocycles. The molecule has 2 unspecified atom stereocenters. The molecule has 3 rings (SSSR count). The molecule has 5 nitrogen and oxygen atoms in total. The average Bonchev–Trinajstić information content (AvgIpc) is 2.71. The normalized spacial score (nSPS) is 13.9. The number of nitrogens with zero attached hydrogens (tertiary/aromatic N) is 1. The van der Waals surface area contributed by atoms with E-state index in [0.717, 1.165) is 9.86 Å². The van der Waals surface area contributed by atoms with Crippen LogP contribution in [0.5, 0.6) is 5.75 Å². The van der Waals surface area contributed by atoms with Gasteiger partial charge in [0.15, 0.2) is 5.44 Å². The molecule has 2 aromatic carbocycles. The molecule has 0 saturated carbocycles. The fourth-order valence-corrected chi connectivity index (χ4v) is 4.26. The maximum absolute atomic E-state index is 13.4. The van der Waals surface area contributed by atoms with Gasteiger partial charge in [0.25, 0.3) is 0 Å². The maximum Gasteiger partial charge on any atom is 0.204 e. The standard InChI is InChI=1S/C20H18BrClFNO4S/c1-13(29(25,26)18-6-3-15(21)4-7-18)28-17(11-23)12-27-16-5-8-19-14(10-16)2-9-20(22)24-19/h2-10,13,17H,11-12H2,1H3. The predicted octanol–water partition coefficient (Wildman–Crippen LogP) is 5.20. The fourth-order valence-electron chi connectivity index (χ4n) is 2.64. The van der Waals surface area contributed by atoms with Crippen LogP contribution in [0, 0.1) is 0 Å². The zero-order chi connectivity index (χ0) is 21.0. The van der Waals surface area contributed by atoms with Crippen molar-refractivity contribution in [1.29, 1.82) is 0 Å². The van der Waals surface area contributed by atoms with Crippen LogP contribution in [0.25, 0.3) is 10.9 Å². The largest absolute Gasteiger partial charge is 0.491 e. The number of fused-ring (bicyclic) bond motifs is 1. The Morgan fingerprint density at radius 1 is 1.14 bits per heavy atom. The van der Waals surface area contributed by atoms with E-state index in [0.29, 0.717) is 16.4 Å². The molecule has 0 aliphatic heterocycles. The van der Waals surface area contributed by atoms with Gasteiger partial charge in [0.05, 0.1) is 10.4 Å². The Bertz CT molecular complexity index is 1100. The summed E-state index contributed by atoms with van der Waals surface area (Å²) in [5.74, 6) is 0.493. The zero-order valence-corrected chi connectivity index (χ0v) is 18.5. The van der Waals surface area contributed by atoms with E-state index in [9.17, 15) is 12.8 Å². The highest BCUT2D eigenvalue weighted by Gasteiger charge is 2.27. The molecular formula is C20H18BrClFNO4S. The summed E-state index contributed by atoms with van der Waals surface area (Å²) in [7, 11) is -3.76. The summed E-state index contributed by atoms with van der Waals surface area (Å²) in [5.41, 5.74) is -0.520. The van der Waals surface area contributed by atoms with Gasteiger partial charge in [0.1, 0.15) is 30.3 Å². The number of ether oxygens (including phenoxy) is 2. The summed E-state index contributed by atoms with van der Waals surface area (Å²) in [6.45, 7) is 0.361. The minimum Gasteiger partial charge on any atom is -0.491 e. The van der Waals surface area contributed by atoms with Crippen LogP contribution in [0.1, 0.15) is 6.92 Å². The number of sulfone groups is 1. The second-order valence-electron chi connectivity index (χ2n) is 6.28. The lowest BCUT2D eigenvalue weighted by molar-refractivity contribution is -0.00517. The minimum atomic E-state index is -3.76. The van der Waals surface area contributed by atoms with Crippen LogP contribution in [-0.2, 0) is 14.6 Å². The zero-order valence-electron chi connectivity index (χ0n) is 15.4. The molecule has 2 atom stereocenters. The molecule has 0 saturated heterocycles. The Hall–Kier alpha value is -1.74. The van der Waals surface area contributed by atoms with E-state index >= 15 is 0 Å². The number of pyridine rings is 1. The Morgan fingerprint density at radius 3 is 2.55 bits per heavy atom. The van der Waals surface area contributed by atoms with Crippen molar-refractivity contribution in [2.24, 2.45) is 0 Å². The van der Waals surface area contributed by atoms with E-state index < -0.39 is 28.1 Å². The molecule has 0 spiro atoms. The molecule has 154 valence electrons. The van der Waals surface area contributed by atoms with E-state index in [4.69, 9.17) is 21.1 Å². The Kier molecular flexibility index (Phi) is 7.10. The molecule has 1 heterocycles. The molecule has 0 fully saturated rings. The molecule has 0 amide bonds. The first-order chi connectivity index (χ1) is 13.8. The highest BCUT2D eigenvalue weighted by atomic mass is 79.9. The summed E-state index contributed by atoms with van der Waals surface area (Å²) >= 11 is 9.12. The molecule has 29 heavy (non-hydrogen) atoms. The molecule has 1 aromatic heterocycles. The maximum atomic E-state index is 13.4. The summed E-state index contributed by atoms with van der Waals surface area (Å²) in [5, 5.41) is 1.20. The summed E-state index contributed by atoms with van der Waals surface area (Å²) in [6, 6.07) is 14.8. The second-order valence-corrected chi connectivity index (χ2v) is 9.81. The fraction of sp³-hybridized carbons (Fsp3) is 0.250. The SMILES string of the molecule is CC(OC(CF)COc1ccc2nc(Cl)ccc2c1)S(=O)(=O)c1ccc(Br)cc1. The highest BCUT2D eigenvalue weighted by Crippen LogP contribution is 2.23. The topological polar surface area (TPSA) is 65.5 Å². The second kappa shape index (κ2) is 9.38. The number of rotatable bonds is 8. The first kappa shape index (κ1) is 22.0.